The Labute approximate surface area is 146 Å². The van der Waals surface area contributed by atoms with Crippen molar-refractivity contribution in [2.24, 2.45) is 0 Å². The second-order valence-corrected chi connectivity index (χ2v) is 7.97. The van der Waals surface area contributed by atoms with Gasteiger partial charge in [-0.1, -0.05) is 37.0 Å². The molecule has 2 heterocycles. The number of hydrogen-bond acceptors (Lipinski definition) is 5. The highest BCUT2D eigenvalue weighted by Crippen LogP contribution is 2.35. The van der Waals surface area contributed by atoms with E-state index in [0.717, 1.165) is 37.3 Å². The largest absolute Gasteiger partial charge is 0.349 e. The van der Waals surface area contributed by atoms with E-state index in [2.05, 4.69) is 10.2 Å². The van der Waals surface area contributed by atoms with Gasteiger partial charge in [-0.15, -0.1) is 0 Å². The lowest BCUT2D eigenvalue weighted by molar-refractivity contribution is -0.380. The Balaban J connectivity index is 1.66. The van der Waals surface area contributed by atoms with Crippen LogP contribution in [0.2, 0.25) is 0 Å². The molecule has 7 heteroatoms. The van der Waals surface area contributed by atoms with E-state index in [1.807, 2.05) is 0 Å². The zero-order chi connectivity index (χ0) is 17.0. The Morgan fingerprint density at radius 1 is 1.17 bits per heavy atom. The van der Waals surface area contributed by atoms with E-state index in [4.69, 9.17) is 0 Å². The molecule has 1 aromatic heterocycles. The summed E-state index contributed by atoms with van der Waals surface area (Å²) in [7, 11) is 0. The van der Waals surface area contributed by atoms with E-state index in [1.54, 1.807) is 6.07 Å². The van der Waals surface area contributed by atoms with Crippen LogP contribution >= 0.6 is 11.3 Å². The van der Waals surface area contributed by atoms with Crippen molar-refractivity contribution < 1.29 is 9.72 Å². The monoisotopic (exact) mass is 351 g/mol. The third-order valence-electron chi connectivity index (χ3n) is 5.38. The van der Waals surface area contributed by atoms with Crippen LogP contribution < -0.4 is 5.32 Å². The van der Waals surface area contributed by atoms with Crippen LogP contribution in [0.1, 0.15) is 61.0 Å². The summed E-state index contributed by atoms with van der Waals surface area (Å²) in [5.41, 5.74) is 0.0809. The van der Waals surface area contributed by atoms with Gasteiger partial charge in [0.05, 0.1) is 9.80 Å². The molecule has 1 aliphatic heterocycles. The number of nitro groups is 1. The standard InChI is InChI=1S/C17H25N3O3S/c21-16(14-7-8-15(24-14)20(22)23)18-13-17(9-3-1-4-10-17)19-11-5-2-6-12-19/h7-8H,1-6,9-13H2,(H,18,21). The van der Waals surface area contributed by atoms with Crippen LogP contribution in [0.5, 0.6) is 0 Å². The van der Waals surface area contributed by atoms with Gasteiger partial charge in [-0.25, -0.2) is 0 Å². The summed E-state index contributed by atoms with van der Waals surface area (Å²) in [4.78, 5) is 25.7. The number of carbonyl (C=O) groups is 1. The number of carbonyl (C=O) groups excluding carboxylic acids is 1. The highest BCUT2D eigenvalue weighted by Gasteiger charge is 2.38. The third-order valence-corrected chi connectivity index (χ3v) is 6.42. The normalized spacial score (nSPS) is 21.3. The average Bonchev–Trinajstić information content (AvgIpc) is 3.12. The van der Waals surface area contributed by atoms with Gasteiger partial charge in [-0.05, 0) is 44.8 Å². The van der Waals surface area contributed by atoms with Crippen LogP contribution in [-0.4, -0.2) is 40.9 Å². The Morgan fingerprint density at radius 3 is 2.46 bits per heavy atom. The van der Waals surface area contributed by atoms with Crippen LogP contribution in [0, 0.1) is 10.1 Å². The molecule has 1 saturated carbocycles. The van der Waals surface area contributed by atoms with Gasteiger partial charge >= 0.3 is 5.00 Å². The molecule has 6 nitrogen and oxygen atoms in total. The first-order chi connectivity index (χ1) is 11.6. The summed E-state index contributed by atoms with van der Waals surface area (Å²) in [5.74, 6) is -0.185. The van der Waals surface area contributed by atoms with Crippen molar-refractivity contribution in [3.63, 3.8) is 0 Å². The van der Waals surface area contributed by atoms with E-state index in [1.165, 1.54) is 44.6 Å². The molecule has 1 aliphatic carbocycles. The average molecular weight is 351 g/mol. The molecule has 2 fully saturated rings. The fourth-order valence-electron chi connectivity index (χ4n) is 4.06. The molecule has 1 N–H and O–H groups in total. The summed E-state index contributed by atoms with van der Waals surface area (Å²) >= 11 is 0.945. The van der Waals surface area contributed by atoms with Gasteiger partial charge in [0.15, 0.2) is 0 Å². The minimum atomic E-state index is -0.447. The van der Waals surface area contributed by atoms with Gasteiger partial charge in [-0.2, -0.15) is 0 Å². The Hall–Kier alpha value is -1.47. The fraction of sp³-hybridized carbons (Fsp3) is 0.706. The summed E-state index contributed by atoms with van der Waals surface area (Å²) in [6.07, 6.45) is 9.78. The number of nitrogens with one attached hydrogen (secondary N) is 1. The lowest BCUT2D eigenvalue weighted by Gasteiger charge is -2.48. The number of thiophene rings is 1. The summed E-state index contributed by atoms with van der Waals surface area (Å²) in [6, 6.07) is 2.95. The maximum Gasteiger partial charge on any atom is 0.324 e. The molecular weight excluding hydrogens is 326 g/mol. The van der Waals surface area contributed by atoms with Crippen LogP contribution in [0.3, 0.4) is 0 Å². The summed E-state index contributed by atoms with van der Waals surface area (Å²) in [5, 5.41) is 13.9. The van der Waals surface area contributed by atoms with Crippen molar-refractivity contribution in [2.75, 3.05) is 19.6 Å². The highest BCUT2D eigenvalue weighted by molar-refractivity contribution is 7.17. The molecule has 24 heavy (non-hydrogen) atoms. The van der Waals surface area contributed by atoms with Gasteiger partial charge in [-0.3, -0.25) is 19.8 Å². The molecular formula is C17H25N3O3S. The van der Waals surface area contributed by atoms with E-state index in [-0.39, 0.29) is 16.4 Å². The van der Waals surface area contributed by atoms with E-state index < -0.39 is 4.92 Å². The summed E-state index contributed by atoms with van der Waals surface area (Å²) < 4.78 is 0. The van der Waals surface area contributed by atoms with Crippen molar-refractivity contribution in [1.29, 1.82) is 0 Å². The SMILES string of the molecule is O=C(NCC1(N2CCCCC2)CCCCC1)c1ccc([N+](=O)[O-])s1. The number of amides is 1. The Bertz CT molecular complexity index is 590. The maximum atomic E-state index is 12.4. The van der Waals surface area contributed by atoms with Gasteiger partial charge in [0.2, 0.25) is 0 Å². The molecule has 1 amide bonds. The van der Waals surface area contributed by atoms with Crippen molar-refractivity contribution in [1.82, 2.24) is 10.2 Å². The van der Waals surface area contributed by atoms with E-state index >= 15 is 0 Å². The zero-order valence-electron chi connectivity index (χ0n) is 14.0. The van der Waals surface area contributed by atoms with Crippen molar-refractivity contribution in [2.45, 2.75) is 56.9 Å². The number of hydrogen-bond donors (Lipinski definition) is 1. The zero-order valence-corrected chi connectivity index (χ0v) is 14.8. The van der Waals surface area contributed by atoms with Crippen molar-refractivity contribution in [3.8, 4) is 0 Å². The first-order valence-corrected chi connectivity index (χ1v) is 9.70. The number of rotatable bonds is 5. The van der Waals surface area contributed by atoms with Crippen molar-refractivity contribution >= 4 is 22.2 Å². The minimum absolute atomic E-state index is 0.0172. The second kappa shape index (κ2) is 7.61. The lowest BCUT2D eigenvalue weighted by atomic mass is 9.79. The third kappa shape index (κ3) is 3.78. The molecule has 0 spiro atoms. The molecule has 1 aromatic rings. The van der Waals surface area contributed by atoms with Gasteiger partial charge in [0.25, 0.3) is 5.91 Å². The first-order valence-electron chi connectivity index (χ1n) is 8.88. The minimum Gasteiger partial charge on any atom is -0.349 e. The number of piperidine rings is 1. The lowest BCUT2D eigenvalue weighted by Crippen LogP contribution is -2.58. The van der Waals surface area contributed by atoms with Crippen LogP contribution in [-0.2, 0) is 0 Å². The molecule has 0 atom stereocenters. The first kappa shape index (κ1) is 17.4. The number of likely N-dealkylation sites (tertiary alicyclic amines) is 1. The predicted molar refractivity (Wildman–Crippen MR) is 94.5 cm³/mol. The van der Waals surface area contributed by atoms with Crippen LogP contribution in [0.15, 0.2) is 12.1 Å². The fourth-order valence-corrected chi connectivity index (χ4v) is 4.80. The summed E-state index contributed by atoms with van der Waals surface area (Å²) in [6.45, 7) is 2.90. The van der Waals surface area contributed by atoms with Gasteiger partial charge in [0, 0.05) is 18.2 Å². The van der Waals surface area contributed by atoms with E-state index in [9.17, 15) is 14.9 Å². The Morgan fingerprint density at radius 2 is 1.83 bits per heavy atom. The molecule has 0 radical (unpaired) electrons. The molecule has 0 unspecified atom stereocenters. The highest BCUT2D eigenvalue weighted by atomic mass is 32.1. The molecule has 2 aliphatic rings. The predicted octanol–water partition coefficient (Wildman–Crippen LogP) is 3.57. The quantitative estimate of drug-likeness (QED) is 0.650. The van der Waals surface area contributed by atoms with Crippen molar-refractivity contribution in [3.05, 3.63) is 27.1 Å². The molecule has 0 aromatic carbocycles. The van der Waals surface area contributed by atoms with E-state index in [0.29, 0.717) is 11.4 Å². The molecule has 0 bridgehead atoms. The molecule has 3 rings (SSSR count). The molecule has 1 saturated heterocycles. The smallest absolute Gasteiger partial charge is 0.324 e. The Kier molecular flexibility index (Phi) is 5.50. The number of nitrogens with zero attached hydrogens (tertiary/aromatic N) is 2. The maximum absolute atomic E-state index is 12.4. The van der Waals surface area contributed by atoms with Gasteiger partial charge < -0.3 is 5.32 Å². The van der Waals surface area contributed by atoms with Gasteiger partial charge in [0.1, 0.15) is 0 Å². The topological polar surface area (TPSA) is 75.5 Å². The second-order valence-electron chi connectivity index (χ2n) is 6.91. The van der Waals surface area contributed by atoms with Crippen LogP contribution in [0.25, 0.3) is 0 Å². The van der Waals surface area contributed by atoms with Crippen LogP contribution in [0.4, 0.5) is 5.00 Å². The molecule has 132 valence electrons.